The Morgan fingerprint density at radius 2 is 1.83 bits per heavy atom. The second-order valence-electron chi connectivity index (χ2n) is 6.47. The van der Waals surface area contributed by atoms with Crippen LogP contribution in [0.1, 0.15) is 57.8 Å². The van der Waals surface area contributed by atoms with Crippen LogP contribution in [0.25, 0.3) is 0 Å². The summed E-state index contributed by atoms with van der Waals surface area (Å²) in [5.41, 5.74) is 5.71. The van der Waals surface area contributed by atoms with E-state index in [1.54, 1.807) is 0 Å². The van der Waals surface area contributed by atoms with E-state index in [4.69, 9.17) is 5.73 Å². The Labute approximate surface area is 116 Å². The zero-order chi connectivity index (χ0) is 11.9. The fraction of sp³-hybridized carbons (Fsp3) is 0.929. The van der Waals surface area contributed by atoms with Gasteiger partial charge in [-0.3, -0.25) is 4.79 Å². The van der Waals surface area contributed by atoms with Crippen molar-refractivity contribution < 1.29 is 4.79 Å². The van der Waals surface area contributed by atoms with Crippen LogP contribution in [0.4, 0.5) is 0 Å². The van der Waals surface area contributed by atoms with Crippen molar-refractivity contribution in [3.05, 3.63) is 0 Å². The number of fused-ring (bicyclic) bond motifs is 2. The van der Waals surface area contributed by atoms with Crippen molar-refractivity contribution >= 4 is 18.3 Å². The first-order valence-corrected chi connectivity index (χ1v) is 7.27. The van der Waals surface area contributed by atoms with Crippen LogP contribution in [-0.2, 0) is 4.79 Å². The fourth-order valence-corrected chi connectivity index (χ4v) is 4.14. The van der Waals surface area contributed by atoms with Gasteiger partial charge in [0.05, 0.1) is 5.54 Å². The largest absolute Gasteiger partial charge is 0.351 e. The first-order chi connectivity index (χ1) is 8.17. The van der Waals surface area contributed by atoms with Crippen LogP contribution in [0.3, 0.4) is 0 Å². The Kier molecular flexibility index (Phi) is 4.22. The molecule has 0 aromatic carbocycles. The molecule has 3 nitrogen and oxygen atoms in total. The Bertz CT molecular complexity index is 315. The Balaban J connectivity index is 0.00000120. The zero-order valence-electron chi connectivity index (χ0n) is 11.0. The Morgan fingerprint density at radius 1 is 1.11 bits per heavy atom. The molecule has 3 aliphatic carbocycles. The number of halogens is 1. The van der Waals surface area contributed by atoms with Gasteiger partial charge in [0.15, 0.2) is 0 Å². The molecule has 0 aromatic rings. The average Bonchev–Trinajstić information content (AvgIpc) is 2.92. The molecule has 3 unspecified atom stereocenters. The molecule has 0 aliphatic heterocycles. The molecule has 0 saturated heterocycles. The number of carbonyl (C=O) groups is 1. The molecule has 0 heterocycles. The molecule has 3 aliphatic rings. The van der Waals surface area contributed by atoms with E-state index in [-0.39, 0.29) is 18.3 Å². The summed E-state index contributed by atoms with van der Waals surface area (Å²) in [6, 6.07) is 0.434. The summed E-state index contributed by atoms with van der Waals surface area (Å²) in [5.74, 6) is 1.76. The van der Waals surface area contributed by atoms with Crippen LogP contribution in [0, 0.1) is 11.8 Å². The molecule has 3 saturated carbocycles. The highest BCUT2D eigenvalue weighted by Crippen LogP contribution is 2.44. The van der Waals surface area contributed by atoms with Gasteiger partial charge in [-0.2, -0.15) is 0 Å². The predicted octanol–water partition coefficient (Wildman–Crippen LogP) is 2.37. The monoisotopic (exact) mass is 272 g/mol. The van der Waals surface area contributed by atoms with Gasteiger partial charge in [0, 0.05) is 6.04 Å². The summed E-state index contributed by atoms with van der Waals surface area (Å²) >= 11 is 0. The minimum atomic E-state index is -0.555. The number of hydrogen-bond donors (Lipinski definition) is 2. The Morgan fingerprint density at radius 3 is 2.39 bits per heavy atom. The van der Waals surface area contributed by atoms with Crippen LogP contribution in [0.5, 0.6) is 0 Å². The molecule has 0 aromatic heterocycles. The van der Waals surface area contributed by atoms with E-state index >= 15 is 0 Å². The van der Waals surface area contributed by atoms with Gasteiger partial charge in [-0.05, 0) is 43.9 Å². The van der Waals surface area contributed by atoms with Crippen LogP contribution < -0.4 is 11.1 Å². The quantitative estimate of drug-likeness (QED) is 0.811. The van der Waals surface area contributed by atoms with Crippen molar-refractivity contribution in [3.63, 3.8) is 0 Å². The first kappa shape index (κ1) is 14.1. The van der Waals surface area contributed by atoms with Gasteiger partial charge in [-0.15, -0.1) is 12.4 Å². The van der Waals surface area contributed by atoms with Crippen molar-refractivity contribution in [1.29, 1.82) is 0 Å². The van der Waals surface area contributed by atoms with Crippen molar-refractivity contribution in [2.24, 2.45) is 17.6 Å². The van der Waals surface area contributed by atoms with Gasteiger partial charge < -0.3 is 11.1 Å². The molecular weight excluding hydrogens is 248 g/mol. The van der Waals surface area contributed by atoms with Crippen molar-refractivity contribution in [1.82, 2.24) is 5.32 Å². The molecule has 4 heteroatoms. The molecule has 1 amide bonds. The lowest BCUT2D eigenvalue weighted by atomic mass is 9.81. The highest BCUT2D eigenvalue weighted by Gasteiger charge is 2.43. The highest BCUT2D eigenvalue weighted by atomic mass is 35.5. The third kappa shape index (κ3) is 2.53. The van der Waals surface area contributed by atoms with E-state index in [0.717, 1.165) is 37.5 Å². The third-order valence-electron chi connectivity index (χ3n) is 5.25. The van der Waals surface area contributed by atoms with Gasteiger partial charge in [0.1, 0.15) is 0 Å². The number of rotatable bonds is 2. The molecule has 3 atom stereocenters. The molecule has 104 valence electrons. The highest BCUT2D eigenvalue weighted by molar-refractivity contribution is 5.86. The van der Waals surface area contributed by atoms with E-state index in [1.165, 1.54) is 32.1 Å². The van der Waals surface area contributed by atoms with E-state index in [1.807, 2.05) is 0 Å². The summed E-state index contributed by atoms with van der Waals surface area (Å²) in [6.45, 7) is 0. The first-order valence-electron chi connectivity index (χ1n) is 7.27. The number of nitrogens with one attached hydrogen (secondary N) is 1. The normalized spacial score (nSPS) is 37.1. The predicted molar refractivity (Wildman–Crippen MR) is 74.6 cm³/mol. The van der Waals surface area contributed by atoms with Gasteiger partial charge in [-0.25, -0.2) is 0 Å². The third-order valence-corrected chi connectivity index (χ3v) is 5.25. The SMILES string of the molecule is Cl.NC1(C(=O)NC2CC3CCC2C3)CCCCC1. The fourth-order valence-electron chi connectivity index (χ4n) is 4.14. The molecule has 0 radical (unpaired) electrons. The standard InChI is InChI=1S/C14H24N2O.ClH/c15-14(6-2-1-3-7-14)13(17)16-12-9-10-4-5-11(12)8-10;/h10-12H,1-9,15H2,(H,16,17);1H. The summed E-state index contributed by atoms with van der Waals surface area (Å²) < 4.78 is 0. The lowest BCUT2D eigenvalue weighted by molar-refractivity contribution is -0.128. The van der Waals surface area contributed by atoms with Crippen LogP contribution in [-0.4, -0.2) is 17.5 Å². The summed E-state index contributed by atoms with van der Waals surface area (Å²) in [5, 5.41) is 3.26. The molecule has 2 bridgehead atoms. The summed E-state index contributed by atoms with van der Waals surface area (Å²) in [7, 11) is 0. The minimum Gasteiger partial charge on any atom is -0.351 e. The van der Waals surface area contributed by atoms with Crippen molar-refractivity contribution in [3.8, 4) is 0 Å². The van der Waals surface area contributed by atoms with Crippen molar-refractivity contribution in [2.45, 2.75) is 69.4 Å². The summed E-state index contributed by atoms with van der Waals surface area (Å²) in [4.78, 5) is 12.3. The lowest BCUT2D eigenvalue weighted by Crippen LogP contribution is -2.57. The second kappa shape index (κ2) is 5.38. The van der Waals surface area contributed by atoms with E-state index in [2.05, 4.69) is 5.32 Å². The maximum absolute atomic E-state index is 12.3. The average molecular weight is 273 g/mol. The topological polar surface area (TPSA) is 55.1 Å². The number of nitrogens with two attached hydrogens (primary N) is 1. The minimum absolute atomic E-state index is 0. The van der Waals surface area contributed by atoms with E-state index < -0.39 is 5.54 Å². The van der Waals surface area contributed by atoms with Crippen LogP contribution in [0.2, 0.25) is 0 Å². The number of amides is 1. The number of hydrogen-bond acceptors (Lipinski definition) is 2. The molecule has 3 N–H and O–H groups in total. The van der Waals surface area contributed by atoms with E-state index in [9.17, 15) is 4.79 Å². The molecule has 3 rings (SSSR count). The lowest BCUT2D eigenvalue weighted by Gasteiger charge is -2.34. The van der Waals surface area contributed by atoms with Crippen LogP contribution >= 0.6 is 12.4 Å². The Hall–Kier alpha value is -0.280. The van der Waals surface area contributed by atoms with Gasteiger partial charge >= 0.3 is 0 Å². The van der Waals surface area contributed by atoms with E-state index in [0.29, 0.717) is 6.04 Å². The smallest absolute Gasteiger partial charge is 0.240 e. The van der Waals surface area contributed by atoms with Crippen LogP contribution in [0.15, 0.2) is 0 Å². The maximum atomic E-state index is 12.3. The molecule has 3 fully saturated rings. The number of carbonyl (C=O) groups excluding carboxylic acids is 1. The molecule has 0 spiro atoms. The second-order valence-corrected chi connectivity index (χ2v) is 6.47. The molecular formula is C14H25ClN2O. The summed E-state index contributed by atoms with van der Waals surface area (Å²) in [6.07, 6.45) is 10.4. The van der Waals surface area contributed by atoms with Gasteiger partial charge in [0.2, 0.25) is 5.91 Å². The zero-order valence-corrected chi connectivity index (χ0v) is 11.8. The van der Waals surface area contributed by atoms with Gasteiger partial charge in [0.25, 0.3) is 0 Å². The van der Waals surface area contributed by atoms with Gasteiger partial charge in [-0.1, -0.05) is 25.7 Å². The molecule has 18 heavy (non-hydrogen) atoms. The van der Waals surface area contributed by atoms with Crippen molar-refractivity contribution in [2.75, 3.05) is 0 Å². The maximum Gasteiger partial charge on any atom is 0.240 e.